The molecule has 1 aromatic carbocycles. The SMILES string of the molecule is O=C(O)C1(C(=O)Nc2ccccc2Cl)CCC1. The summed E-state index contributed by atoms with van der Waals surface area (Å²) >= 11 is 5.90. The molecule has 0 aromatic heterocycles. The molecule has 1 saturated carbocycles. The van der Waals surface area contributed by atoms with Gasteiger partial charge in [-0.05, 0) is 25.0 Å². The van der Waals surface area contributed by atoms with Crippen molar-refractivity contribution in [2.24, 2.45) is 5.41 Å². The zero-order valence-electron chi connectivity index (χ0n) is 9.07. The van der Waals surface area contributed by atoms with Gasteiger partial charge in [0.1, 0.15) is 5.41 Å². The predicted molar refractivity (Wildman–Crippen MR) is 64.0 cm³/mol. The van der Waals surface area contributed by atoms with Gasteiger partial charge in [-0.15, -0.1) is 0 Å². The van der Waals surface area contributed by atoms with Gasteiger partial charge in [0.25, 0.3) is 0 Å². The fourth-order valence-corrected chi connectivity index (χ4v) is 2.06. The summed E-state index contributed by atoms with van der Waals surface area (Å²) in [6, 6.07) is 6.77. The maximum atomic E-state index is 12.0. The number of rotatable bonds is 3. The maximum absolute atomic E-state index is 12.0. The largest absolute Gasteiger partial charge is 0.480 e. The Balaban J connectivity index is 2.17. The van der Waals surface area contributed by atoms with E-state index in [1.54, 1.807) is 24.3 Å². The standard InChI is InChI=1S/C12H12ClNO3/c13-8-4-1-2-5-9(8)14-10(15)12(11(16)17)6-3-7-12/h1-2,4-5H,3,6-7H2,(H,14,15)(H,16,17). The molecule has 1 fully saturated rings. The molecule has 1 aliphatic rings. The molecule has 0 radical (unpaired) electrons. The monoisotopic (exact) mass is 253 g/mol. The lowest BCUT2D eigenvalue weighted by atomic mass is 9.68. The van der Waals surface area contributed by atoms with Gasteiger partial charge in [-0.1, -0.05) is 30.2 Å². The van der Waals surface area contributed by atoms with Gasteiger partial charge in [-0.2, -0.15) is 0 Å². The summed E-state index contributed by atoms with van der Waals surface area (Å²) in [5.41, 5.74) is -0.814. The molecule has 0 atom stereocenters. The van der Waals surface area contributed by atoms with E-state index in [0.717, 1.165) is 6.42 Å². The van der Waals surface area contributed by atoms with Crippen LogP contribution in [0.1, 0.15) is 19.3 Å². The van der Waals surface area contributed by atoms with Crippen molar-refractivity contribution in [3.8, 4) is 0 Å². The van der Waals surface area contributed by atoms with Crippen molar-refractivity contribution in [2.45, 2.75) is 19.3 Å². The number of carboxylic acids is 1. The number of amides is 1. The number of aliphatic carboxylic acids is 1. The highest BCUT2D eigenvalue weighted by molar-refractivity contribution is 6.33. The molecule has 17 heavy (non-hydrogen) atoms. The van der Waals surface area contributed by atoms with Gasteiger partial charge in [0.2, 0.25) is 5.91 Å². The summed E-state index contributed by atoms with van der Waals surface area (Å²) < 4.78 is 0. The third-order valence-corrected chi connectivity index (χ3v) is 3.50. The second-order valence-corrected chi connectivity index (χ2v) is 4.58. The van der Waals surface area contributed by atoms with Crippen LogP contribution >= 0.6 is 11.6 Å². The lowest BCUT2D eigenvalue weighted by Crippen LogP contribution is -2.48. The maximum Gasteiger partial charge on any atom is 0.319 e. The van der Waals surface area contributed by atoms with Gasteiger partial charge in [-0.25, -0.2) is 0 Å². The van der Waals surface area contributed by atoms with Crippen molar-refractivity contribution in [3.05, 3.63) is 29.3 Å². The number of anilines is 1. The number of hydrogen-bond acceptors (Lipinski definition) is 2. The molecule has 1 amide bonds. The van der Waals surface area contributed by atoms with Crippen molar-refractivity contribution in [1.29, 1.82) is 0 Å². The van der Waals surface area contributed by atoms with Gasteiger partial charge in [0, 0.05) is 0 Å². The van der Waals surface area contributed by atoms with Crippen molar-refractivity contribution in [2.75, 3.05) is 5.32 Å². The molecular weight excluding hydrogens is 242 g/mol. The highest BCUT2D eigenvalue weighted by atomic mass is 35.5. The molecule has 2 rings (SSSR count). The number of hydrogen-bond donors (Lipinski definition) is 2. The van der Waals surface area contributed by atoms with Crippen LogP contribution in [0.5, 0.6) is 0 Å². The fraction of sp³-hybridized carbons (Fsp3) is 0.333. The van der Waals surface area contributed by atoms with Crippen LogP contribution < -0.4 is 5.32 Å². The average molecular weight is 254 g/mol. The van der Waals surface area contributed by atoms with E-state index >= 15 is 0 Å². The number of halogens is 1. The predicted octanol–water partition coefficient (Wildman–Crippen LogP) is 2.53. The Morgan fingerprint density at radius 2 is 1.94 bits per heavy atom. The summed E-state index contributed by atoms with van der Waals surface area (Å²) in [6.45, 7) is 0. The Kier molecular flexibility index (Phi) is 3.07. The molecule has 4 nitrogen and oxygen atoms in total. The Morgan fingerprint density at radius 3 is 2.41 bits per heavy atom. The number of benzene rings is 1. The molecule has 90 valence electrons. The van der Waals surface area contributed by atoms with Crippen LogP contribution in [0, 0.1) is 5.41 Å². The molecule has 0 bridgehead atoms. The number of carbonyl (C=O) groups excluding carboxylic acids is 1. The van der Waals surface area contributed by atoms with E-state index in [-0.39, 0.29) is 0 Å². The van der Waals surface area contributed by atoms with E-state index in [2.05, 4.69) is 5.32 Å². The Bertz CT molecular complexity index is 469. The van der Waals surface area contributed by atoms with E-state index in [1.165, 1.54) is 0 Å². The molecule has 0 saturated heterocycles. The Labute approximate surface area is 104 Å². The fourth-order valence-electron chi connectivity index (χ4n) is 1.87. The van der Waals surface area contributed by atoms with Crippen molar-refractivity contribution in [3.63, 3.8) is 0 Å². The van der Waals surface area contributed by atoms with Crippen LogP contribution in [0.3, 0.4) is 0 Å². The minimum atomic E-state index is -1.26. The molecule has 0 heterocycles. The molecule has 0 aliphatic heterocycles. The first-order chi connectivity index (χ1) is 8.06. The minimum absolute atomic E-state index is 0.388. The molecular formula is C12H12ClNO3. The van der Waals surface area contributed by atoms with E-state index < -0.39 is 17.3 Å². The highest BCUT2D eigenvalue weighted by Gasteiger charge is 2.51. The average Bonchev–Trinajstić information content (AvgIpc) is 2.19. The third-order valence-electron chi connectivity index (χ3n) is 3.17. The number of nitrogens with one attached hydrogen (secondary N) is 1. The zero-order valence-corrected chi connectivity index (χ0v) is 9.83. The topological polar surface area (TPSA) is 66.4 Å². The Hall–Kier alpha value is -1.55. The first-order valence-corrected chi connectivity index (χ1v) is 5.73. The van der Waals surface area contributed by atoms with Gasteiger partial charge < -0.3 is 10.4 Å². The summed E-state index contributed by atoms with van der Waals surface area (Å²) in [5, 5.41) is 12.1. The van der Waals surface area contributed by atoms with Gasteiger partial charge in [0.15, 0.2) is 0 Å². The lowest BCUT2D eigenvalue weighted by Gasteiger charge is -2.35. The second kappa shape index (κ2) is 4.37. The first-order valence-electron chi connectivity index (χ1n) is 5.36. The number of para-hydroxylation sites is 1. The zero-order chi connectivity index (χ0) is 12.5. The summed E-state index contributed by atoms with van der Waals surface area (Å²) in [4.78, 5) is 23.1. The molecule has 0 unspecified atom stereocenters. The van der Waals surface area contributed by atoms with Crippen molar-refractivity contribution in [1.82, 2.24) is 0 Å². The van der Waals surface area contributed by atoms with Gasteiger partial charge in [-0.3, -0.25) is 9.59 Å². The van der Waals surface area contributed by atoms with Crippen LogP contribution in [-0.4, -0.2) is 17.0 Å². The normalized spacial score (nSPS) is 17.0. The quantitative estimate of drug-likeness (QED) is 0.814. The van der Waals surface area contributed by atoms with E-state index in [0.29, 0.717) is 23.6 Å². The first kappa shape index (κ1) is 11.9. The lowest BCUT2D eigenvalue weighted by molar-refractivity contribution is -0.159. The molecule has 5 heteroatoms. The van der Waals surface area contributed by atoms with E-state index in [1.807, 2.05) is 0 Å². The second-order valence-electron chi connectivity index (χ2n) is 4.17. The highest BCUT2D eigenvalue weighted by Crippen LogP contribution is 2.42. The van der Waals surface area contributed by atoms with Crippen molar-refractivity contribution >= 4 is 29.2 Å². The molecule has 2 N–H and O–H groups in total. The smallest absolute Gasteiger partial charge is 0.319 e. The number of carbonyl (C=O) groups is 2. The van der Waals surface area contributed by atoms with Crippen LogP contribution in [0.2, 0.25) is 5.02 Å². The third kappa shape index (κ3) is 2.00. The summed E-state index contributed by atoms with van der Waals surface area (Å²) in [5.74, 6) is -1.54. The molecule has 1 aliphatic carbocycles. The van der Waals surface area contributed by atoms with E-state index in [4.69, 9.17) is 16.7 Å². The van der Waals surface area contributed by atoms with Crippen LogP contribution in [0.25, 0.3) is 0 Å². The van der Waals surface area contributed by atoms with Gasteiger partial charge in [0.05, 0.1) is 10.7 Å². The van der Waals surface area contributed by atoms with E-state index in [9.17, 15) is 9.59 Å². The molecule has 1 aromatic rings. The van der Waals surface area contributed by atoms with Crippen LogP contribution in [-0.2, 0) is 9.59 Å². The summed E-state index contributed by atoms with van der Waals surface area (Å²) in [7, 11) is 0. The van der Waals surface area contributed by atoms with Gasteiger partial charge >= 0.3 is 5.97 Å². The van der Waals surface area contributed by atoms with Crippen LogP contribution in [0.15, 0.2) is 24.3 Å². The number of carboxylic acid groups (broad SMARTS) is 1. The Morgan fingerprint density at radius 1 is 1.29 bits per heavy atom. The van der Waals surface area contributed by atoms with Crippen LogP contribution in [0.4, 0.5) is 5.69 Å². The summed E-state index contributed by atoms with van der Waals surface area (Å²) in [6.07, 6.45) is 1.54. The molecule has 0 spiro atoms. The van der Waals surface area contributed by atoms with Crippen molar-refractivity contribution < 1.29 is 14.7 Å². The minimum Gasteiger partial charge on any atom is -0.480 e.